The number of nitrogens with one attached hydrogen (secondary N) is 1. The summed E-state index contributed by atoms with van der Waals surface area (Å²) in [5.74, 6) is 0.926. The zero-order valence-corrected chi connectivity index (χ0v) is 12.6. The molecule has 0 amide bonds. The van der Waals surface area contributed by atoms with Crippen molar-refractivity contribution in [2.75, 3.05) is 11.9 Å². The molecule has 4 heteroatoms. The number of benzene rings is 1. The third kappa shape index (κ3) is 3.57. The van der Waals surface area contributed by atoms with Gasteiger partial charge in [-0.15, -0.1) is 0 Å². The predicted octanol–water partition coefficient (Wildman–Crippen LogP) is 4.01. The standard InChI is InChI=1S/C17H23N3O/c1-2-21-17-9-7-14(8-10-17)11-18-15-12-19-20(13-15)16-5-3-4-6-16/h7-10,12-13,16,18H,2-6,11H2,1H3. The molecule has 2 aromatic rings. The van der Waals surface area contributed by atoms with Crippen LogP contribution in [0.1, 0.15) is 44.2 Å². The molecule has 3 rings (SSSR count). The van der Waals surface area contributed by atoms with Crippen LogP contribution < -0.4 is 10.1 Å². The number of rotatable bonds is 6. The first-order valence-corrected chi connectivity index (χ1v) is 7.85. The molecule has 1 aliphatic carbocycles. The van der Waals surface area contributed by atoms with Crippen LogP contribution in [-0.4, -0.2) is 16.4 Å². The maximum Gasteiger partial charge on any atom is 0.119 e. The average molecular weight is 285 g/mol. The van der Waals surface area contributed by atoms with Crippen LogP contribution >= 0.6 is 0 Å². The molecule has 0 spiro atoms. The van der Waals surface area contributed by atoms with Crippen molar-refractivity contribution in [3.63, 3.8) is 0 Å². The van der Waals surface area contributed by atoms with Gasteiger partial charge >= 0.3 is 0 Å². The zero-order chi connectivity index (χ0) is 14.5. The topological polar surface area (TPSA) is 39.1 Å². The van der Waals surface area contributed by atoms with E-state index in [2.05, 4.69) is 33.4 Å². The quantitative estimate of drug-likeness (QED) is 0.871. The number of hydrogen-bond donors (Lipinski definition) is 1. The molecule has 1 aliphatic rings. The van der Waals surface area contributed by atoms with Gasteiger partial charge in [0.25, 0.3) is 0 Å². The Morgan fingerprint density at radius 3 is 2.71 bits per heavy atom. The number of ether oxygens (including phenoxy) is 1. The molecule has 0 unspecified atom stereocenters. The minimum absolute atomic E-state index is 0.603. The minimum atomic E-state index is 0.603. The zero-order valence-electron chi connectivity index (χ0n) is 12.6. The van der Waals surface area contributed by atoms with E-state index >= 15 is 0 Å². The third-order valence-corrected chi connectivity index (χ3v) is 4.03. The van der Waals surface area contributed by atoms with Gasteiger partial charge in [0.1, 0.15) is 5.75 Å². The van der Waals surface area contributed by atoms with Crippen molar-refractivity contribution in [3.05, 3.63) is 42.2 Å². The summed E-state index contributed by atoms with van der Waals surface area (Å²) in [4.78, 5) is 0. The summed E-state index contributed by atoms with van der Waals surface area (Å²) < 4.78 is 7.57. The Balaban J connectivity index is 1.54. The molecular formula is C17H23N3O. The maximum atomic E-state index is 5.45. The van der Waals surface area contributed by atoms with Gasteiger partial charge in [-0.25, -0.2) is 0 Å². The summed E-state index contributed by atoms with van der Waals surface area (Å²) in [5.41, 5.74) is 2.34. The number of aromatic nitrogens is 2. The van der Waals surface area contributed by atoms with Gasteiger partial charge in [-0.3, -0.25) is 4.68 Å². The number of hydrogen-bond acceptors (Lipinski definition) is 3. The lowest BCUT2D eigenvalue weighted by molar-refractivity contribution is 0.340. The molecule has 1 saturated carbocycles. The van der Waals surface area contributed by atoms with E-state index < -0.39 is 0 Å². The van der Waals surface area contributed by atoms with Gasteiger partial charge in [0.05, 0.1) is 24.5 Å². The molecule has 0 atom stereocenters. The van der Waals surface area contributed by atoms with Crippen LogP contribution in [0, 0.1) is 0 Å². The molecule has 4 nitrogen and oxygen atoms in total. The summed E-state index contributed by atoms with van der Waals surface area (Å²) in [6, 6.07) is 8.83. The van der Waals surface area contributed by atoms with Crippen LogP contribution in [-0.2, 0) is 6.54 Å². The Morgan fingerprint density at radius 1 is 1.24 bits per heavy atom. The van der Waals surface area contributed by atoms with Gasteiger partial charge in [-0.2, -0.15) is 5.10 Å². The van der Waals surface area contributed by atoms with Crippen molar-refractivity contribution in [3.8, 4) is 5.75 Å². The molecule has 1 N–H and O–H groups in total. The fraction of sp³-hybridized carbons (Fsp3) is 0.471. The SMILES string of the molecule is CCOc1ccc(CNc2cnn(C3CCCC3)c2)cc1. The fourth-order valence-corrected chi connectivity index (χ4v) is 2.87. The molecule has 1 heterocycles. The van der Waals surface area contributed by atoms with Gasteiger partial charge in [-0.05, 0) is 37.5 Å². The van der Waals surface area contributed by atoms with E-state index in [1.807, 2.05) is 25.3 Å². The lowest BCUT2D eigenvalue weighted by Gasteiger charge is -2.09. The van der Waals surface area contributed by atoms with Crippen LogP contribution in [0.2, 0.25) is 0 Å². The second kappa shape index (κ2) is 6.66. The summed E-state index contributed by atoms with van der Waals surface area (Å²) in [7, 11) is 0. The highest BCUT2D eigenvalue weighted by Crippen LogP contribution is 2.29. The number of nitrogens with zero attached hydrogens (tertiary/aromatic N) is 2. The van der Waals surface area contributed by atoms with Crippen molar-refractivity contribution < 1.29 is 4.74 Å². The Bertz CT molecular complexity index is 556. The summed E-state index contributed by atoms with van der Waals surface area (Å²) in [6.07, 6.45) is 9.25. The molecule has 0 radical (unpaired) electrons. The molecule has 1 fully saturated rings. The third-order valence-electron chi connectivity index (χ3n) is 4.03. The molecular weight excluding hydrogens is 262 g/mol. The lowest BCUT2D eigenvalue weighted by Crippen LogP contribution is -2.04. The first-order valence-electron chi connectivity index (χ1n) is 7.85. The maximum absolute atomic E-state index is 5.45. The van der Waals surface area contributed by atoms with Crippen molar-refractivity contribution in [2.24, 2.45) is 0 Å². The fourth-order valence-electron chi connectivity index (χ4n) is 2.87. The Kier molecular flexibility index (Phi) is 4.43. The summed E-state index contributed by atoms with van der Waals surface area (Å²) in [6.45, 7) is 3.51. The molecule has 112 valence electrons. The average Bonchev–Trinajstić information content (AvgIpc) is 3.18. The molecule has 0 saturated heterocycles. The van der Waals surface area contributed by atoms with E-state index in [1.165, 1.54) is 31.2 Å². The Hall–Kier alpha value is -1.97. The lowest BCUT2D eigenvalue weighted by atomic mass is 10.2. The highest BCUT2D eigenvalue weighted by Gasteiger charge is 2.17. The van der Waals surface area contributed by atoms with Crippen LogP contribution in [0.15, 0.2) is 36.7 Å². The van der Waals surface area contributed by atoms with Crippen molar-refractivity contribution in [1.82, 2.24) is 9.78 Å². The van der Waals surface area contributed by atoms with Crippen LogP contribution in [0.3, 0.4) is 0 Å². The van der Waals surface area contributed by atoms with Gasteiger partial charge in [-0.1, -0.05) is 25.0 Å². The predicted molar refractivity (Wildman–Crippen MR) is 84.7 cm³/mol. The highest BCUT2D eigenvalue weighted by molar-refractivity contribution is 5.40. The van der Waals surface area contributed by atoms with Gasteiger partial charge in [0.2, 0.25) is 0 Å². The van der Waals surface area contributed by atoms with E-state index in [0.717, 1.165) is 18.0 Å². The largest absolute Gasteiger partial charge is 0.494 e. The Labute approximate surface area is 126 Å². The minimum Gasteiger partial charge on any atom is -0.494 e. The normalized spacial score (nSPS) is 15.3. The molecule has 0 bridgehead atoms. The second-order valence-electron chi connectivity index (χ2n) is 5.58. The van der Waals surface area contributed by atoms with Gasteiger partial charge in [0, 0.05) is 12.7 Å². The van der Waals surface area contributed by atoms with E-state index in [0.29, 0.717) is 12.6 Å². The highest BCUT2D eigenvalue weighted by atomic mass is 16.5. The smallest absolute Gasteiger partial charge is 0.119 e. The van der Waals surface area contributed by atoms with E-state index in [-0.39, 0.29) is 0 Å². The first-order chi connectivity index (χ1) is 10.3. The van der Waals surface area contributed by atoms with E-state index in [1.54, 1.807) is 0 Å². The van der Waals surface area contributed by atoms with Crippen molar-refractivity contribution >= 4 is 5.69 Å². The molecule has 1 aromatic carbocycles. The molecule has 0 aliphatic heterocycles. The van der Waals surface area contributed by atoms with Crippen LogP contribution in [0.4, 0.5) is 5.69 Å². The summed E-state index contributed by atoms with van der Waals surface area (Å²) >= 11 is 0. The van der Waals surface area contributed by atoms with Gasteiger partial charge < -0.3 is 10.1 Å². The molecule has 1 aromatic heterocycles. The first kappa shape index (κ1) is 14.0. The molecule has 21 heavy (non-hydrogen) atoms. The van der Waals surface area contributed by atoms with Crippen LogP contribution in [0.5, 0.6) is 5.75 Å². The van der Waals surface area contributed by atoms with E-state index in [4.69, 9.17) is 4.74 Å². The van der Waals surface area contributed by atoms with Crippen LogP contribution in [0.25, 0.3) is 0 Å². The van der Waals surface area contributed by atoms with Crippen molar-refractivity contribution in [1.29, 1.82) is 0 Å². The van der Waals surface area contributed by atoms with Crippen molar-refractivity contribution in [2.45, 2.75) is 45.2 Å². The number of anilines is 1. The Morgan fingerprint density at radius 2 is 2.00 bits per heavy atom. The monoisotopic (exact) mass is 285 g/mol. The summed E-state index contributed by atoms with van der Waals surface area (Å²) in [5, 5.41) is 7.92. The second-order valence-corrected chi connectivity index (χ2v) is 5.58. The van der Waals surface area contributed by atoms with Gasteiger partial charge in [0.15, 0.2) is 0 Å². The van der Waals surface area contributed by atoms with E-state index in [9.17, 15) is 0 Å².